The van der Waals surface area contributed by atoms with E-state index in [0.29, 0.717) is 12.4 Å². The van der Waals surface area contributed by atoms with Crippen molar-refractivity contribution in [3.63, 3.8) is 0 Å². The van der Waals surface area contributed by atoms with Crippen LogP contribution in [0.25, 0.3) is 0 Å². The second-order valence-electron chi connectivity index (χ2n) is 3.58. The van der Waals surface area contributed by atoms with E-state index in [1.54, 1.807) is 0 Å². The Kier molecular flexibility index (Phi) is 8.15. The number of rotatable bonds is 7. The van der Waals surface area contributed by atoms with Crippen LogP contribution in [0.1, 0.15) is 38.4 Å². The fourth-order valence-corrected chi connectivity index (χ4v) is 1.54. The minimum absolute atomic E-state index is 0. The zero-order valence-corrected chi connectivity index (χ0v) is 10.8. The number of halogens is 1. The molecule has 0 amide bonds. The lowest BCUT2D eigenvalue weighted by molar-refractivity contribution is 0.255. The molecule has 1 rings (SSSR count). The molecular weight excluding hydrogens is 228 g/mol. The van der Waals surface area contributed by atoms with Crippen LogP contribution in [0.5, 0.6) is 0 Å². The topological polar surface area (TPSA) is 68.2 Å². The Bertz CT molecular complexity index is 274. The van der Waals surface area contributed by atoms with Crippen LogP contribution in [-0.2, 0) is 13.1 Å². The minimum Gasteiger partial charge on any atom is -0.338 e. The highest BCUT2D eigenvalue weighted by Crippen LogP contribution is 2.03. The Hall–Kier alpha value is -0.650. The predicted molar refractivity (Wildman–Crippen MR) is 65.3 cm³/mol. The maximum atomic E-state index is 5.40. The second kappa shape index (κ2) is 8.50. The Morgan fingerprint density at radius 3 is 2.31 bits per heavy atom. The molecule has 0 aromatic carbocycles. The summed E-state index contributed by atoms with van der Waals surface area (Å²) in [4.78, 5) is 6.51. The summed E-state index contributed by atoms with van der Waals surface area (Å²) in [5.74, 6) is 1.25. The monoisotopic (exact) mass is 248 g/mol. The van der Waals surface area contributed by atoms with E-state index >= 15 is 0 Å². The average molecular weight is 249 g/mol. The molecule has 5 nitrogen and oxygen atoms in total. The van der Waals surface area contributed by atoms with Crippen molar-refractivity contribution in [1.82, 2.24) is 15.0 Å². The van der Waals surface area contributed by atoms with Gasteiger partial charge in [-0.25, -0.2) is 0 Å². The van der Waals surface area contributed by atoms with Crippen molar-refractivity contribution in [2.75, 3.05) is 13.1 Å². The van der Waals surface area contributed by atoms with Gasteiger partial charge in [0, 0.05) is 0 Å². The summed E-state index contributed by atoms with van der Waals surface area (Å²) >= 11 is 0. The molecule has 0 radical (unpaired) electrons. The first-order valence-electron chi connectivity index (χ1n) is 5.54. The summed E-state index contributed by atoms with van der Waals surface area (Å²) in [6.07, 6.45) is 2.28. The van der Waals surface area contributed by atoms with E-state index in [-0.39, 0.29) is 12.4 Å². The Balaban J connectivity index is 0.00000225. The van der Waals surface area contributed by atoms with E-state index in [1.807, 2.05) is 0 Å². The lowest BCUT2D eigenvalue weighted by atomic mass is 10.3. The van der Waals surface area contributed by atoms with Gasteiger partial charge in [0.05, 0.1) is 13.1 Å². The van der Waals surface area contributed by atoms with E-state index in [2.05, 4.69) is 28.9 Å². The minimum atomic E-state index is 0. The Morgan fingerprint density at radius 1 is 1.25 bits per heavy atom. The third-order valence-corrected chi connectivity index (χ3v) is 2.13. The van der Waals surface area contributed by atoms with Crippen molar-refractivity contribution in [1.29, 1.82) is 0 Å². The van der Waals surface area contributed by atoms with Gasteiger partial charge in [-0.3, -0.25) is 4.90 Å². The molecule has 16 heavy (non-hydrogen) atoms. The van der Waals surface area contributed by atoms with E-state index < -0.39 is 0 Å². The third-order valence-electron chi connectivity index (χ3n) is 2.13. The van der Waals surface area contributed by atoms with Crippen molar-refractivity contribution in [2.45, 2.75) is 39.8 Å². The lowest BCUT2D eigenvalue weighted by Gasteiger charge is -2.18. The summed E-state index contributed by atoms with van der Waals surface area (Å²) < 4.78 is 4.96. The maximum Gasteiger partial charge on any atom is 0.240 e. The highest BCUT2D eigenvalue weighted by molar-refractivity contribution is 5.85. The fraction of sp³-hybridized carbons (Fsp3) is 0.800. The molecule has 0 saturated carbocycles. The van der Waals surface area contributed by atoms with E-state index in [4.69, 9.17) is 10.3 Å². The largest absolute Gasteiger partial charge is 0.338 e. The molecule has 1 heterocycles. The predicted octanol–water partition coefficient (Wildman–Crippen LogP) is 1.57. The van der Waals surface area contributed by atoms with Crippen LogP contribution >= 0.6 is 12.4 Å². The van der Waals surface area contributed by atoms with E-state index in [9.17, 15) is 0 Å². The van der Waals surface area contributed by atoms with Gasteiger partial charge in [0.25, 0.3) is 0 Å². The molecule has 0 unspecified atom stereocenters. The van der Waals surface area contributed by atoms with Crippen molar-refractivity contribution >= 4 is 12.4 Å². The smallest absolute Gasteiger partial charge is 0.240 e. The van der Waals surface area contributed by atoms with Crippen molar-refractivity contribution in [3.8, 4) is 0 Å². The van der Waals surface area contributed by atoms with E-state index in [0.717, 1.165) is 38.3 Å². The van der Waals surface area contributed by atoms with Gasteiger partial charge in [-0.1, -0.05) is 19.0 Å². The van der Waals surface area contributed by atoms with Gasteiger partial charge < -0.3 is 10.3 Å². The first kappa shape index (κ1) is 15.3. The van der Waals surface area contributed by atoms with Crippen LogP contribution in [-0.4, -0.2) is 28.1 Å². The third kappa shape index (κ3) is 4.92. The normalized spacial score (nSPS) is 10.5. The summed E-state index contributed by atoms with van der Waals surface area (Å²) in [5, 5.41) is 3.88. The second-order valence-corrected chi connectivity index (χ2v) is 3.58. The zero-order valence-electron chi connectivity index (χ0n) is 9.98. The van der Waals surface area contributed by atoms with Gasteiger partial charge >= 0.3 is 0 Å². The molecule has 0 spiro atoms. The molecule has 2 N–H and O–H groups in total. The van der Waals surface area contributed by atoms with Crippen molar-refractivity contribution in [3.05, 3.63) is 11.7 Å². The standard InChI is InChI=1S/C10H20N4O.ClH/c1-3-5-14(6-4-2)8-9-12-10(7-11)15-13-9;/h3-8,11H2,1-2H3;1H. The molecule has 6 heteroatoms. The average Bonchev–Trinajstić information content (AvgIpc) is 2.66. The Morgan fingerprint density at radius 2 is 1.88 bits per heavy atom. The van der Waals surface area contributed by atoms with Gasteiger partial charge in [-0.15, -0.1) is 12.4 Å². The molecule has 0 atom stereocenters. The van der Waals surface area contributed by atoms with Gasteiger partial charge in [-0.2, -0.15) is 4.98 Å². The molecule has 0 bridgehead atoms. The molecule has 1 aromatic heterocycles. The van der Waals surface area contributed by atoms with Crippen LogP contribution < -0.4 is 5.73 Å². The number of nitrogens with zero attached hydrogens (tertiary/aromatic N) is 3. The van der Waals surface area contributed by atoms with Crippen molar-refractivity contribution in [2.24, 2.45) is 5.73 Å². The van der Waals surface area contributed by atoms with Gasteiger partial charge in [0.1, 0.15) is 0 Å². The molecule has 0 saturated heterocycles. The summed E-state index contributed by atoms with van der Waals surface area (Å²) in [6.45, 7) is 7.55. The highest BCUT2D eigenvalue weighted by atomic mass is 35.5. The molecule has 1 aromatic rings. The Labute approximate surface area is 103 Å². The molecule has 0 fully saturated rings. The van der Waals surface area contributed by atoms with Crippen molar-refractivity contribution < 1.29 is 4.52 Å². The number of nitrogens with two attached hydrogens (primary N) is 1. The maximum absolute atomic E-state index is 5.40. The fourth-order valence-electron chi connectivity index (χ4n) is 1.54. The molecule has 0 aliphatic heterocycles. The first-order valence-corrected chi connectivity index (χ1v) is 5.54. The summed E-state index contributed by atoms with van der Waals surface area (Å²) in [7, 11) is 0. The van der Waals surface area contributed by atoms with Crippen LogP contribution in [0.4, 0.5) is 0 Å². The quantitative estimate of drug-likeness (QED) is 0.793. The molecular formula is C10H21ClN4O. The summed E-state index contributed by atoms with van der Waals surface area (Å²) in [6, 6.07) is 0. The zero-order chi connectivity index (χ0) is 11.1. The van der Waals surface area contributed by atoms with Gasteiger partial charge in [-0.05, 0) is 25.9 Å². The van der Waals surface area contributed by atoms with Crippen LogP contribution in [0.2, 0.25) is 0 Å². The van der Waals surface area contributed by atoms with Crippen LogP contribution in [0.3, 0.4) is 0 Å². The van der Waals surface area contributed by atoms with Gasteiger partial charge in [0.15, 0.2) is 5.82 Å². The highest BCUT2D eigenvalue weighted by Gasteiger charge is 2.09. The van der Waals surface area contributed by atoms with Crippen LogP contribution in [0.15, 0.2) is 4.52 Å². The molecule has 0 aliphatic carbocycles. The molecule has 94 valence electrons. The number of aromatic nitrogens is 2. The first-order chi connectivity index (χ1) is 7.30. The number of hydrogen-bond acceptors (Lipinski definition) is 5. The summed E-state index contributed by atoms with van der Waals surface area (Å²) in [5.41, 5.74) is 5.40. The number of hydrogen-bond donors (Lipinski definition) is 1. The van der Waals surface area contributed by atoms with Crippen LogP contribution in [0, 0.1) is 0 Å². The SMILES string of the molecule is CCCN(CCC)Cc1noc(CN)n1.Cl. The lowest BCUT2D eigenvalue weighted by Crippen LogP contribution is -2.25. The molecule has 0 aliphatic rings. The van der Waals surface area contributed by atoms with Gasteiger partial charge in [0.2, 0.25) is 5.89 Å². The van der Waals surface area contributed by atoms with E-state index in [1.165, 1.54) is 0 Å².